The van der Waals surface area contributed by atoms with E-state index in [2.05, 4.69) is 41.4 Å². The van der Waals surface area contributed by atoms with Crippen molar-refractivity contribution in [2.75, 3.05) is 0 Å². The smallest absolute Gasteiger partial charge is 0.242 e. The zero-order valence-corrected chi connectivity index (χ0v) is 16.7. The zero-order valence-electron chi connectivity index (χ0n) is 15.9. The molecule has 0 unspecified atom stereocenters. The molecule has 3 aromatic rings. The maximum Gasteiger partial charge on any atom is 0.242 e. The first-order valence-corrected chi connectivity index (χ1v) is 10.1. The summed E-state index contributed by atoms with van der Waals surface area (Å²) in [5, 5.41) is 11.4. The first-order valence-electron chi connectivity index (χ1n) is 9.24. The van der Waals surface area contributed by atoms with Crippen LogP contribution >= 0.6 is 11.8 Å². The van der Waals surface area contributed by atoms with Crippen LogP contribution in [0.25, 0.3) is 10.8 Å². The molecule has 0 aliphatic carbocycles. The number of nitrogens with zero attached hydrogens (tertiary/aromatic N) is 3. The molecule has 0 radical (unpaired) electrons. The van der Waals surface area contributed by atoms with Crippen LogP contribution in [0.1, 0.15) is 23.6 Å². The number of thioether (sulfide) groups is 1. The summed E-state index contributed by atoms with van der Waals surface area (Å²) in [4.78, 5) is 14.4. The van der Waals surface area contributed by atoms with E-state index in [0.717, 1.165) is 16.5 Å². The van der Waals surface area contributed by atoms with Gasteiger partial charge in [-0.15, -0.1) is 5.10 Å². The number of amides is 1. The van der Waals surface area contributed by atoms with Gasteiger partial charge in [-0.25, -0.2) is 0 Å². The van der Waals surface area contributed by atoms with Gasteiger partial charge in [0.1, 0.15) is 0 Å². The molecule has 140 valence electrons. The van der Waals surface area contributed by atoms with Crippen LogP contribution in [0, 0.1) is 6.92 Å². The quantitative estimate of drug-likeness (QED) is 0.467. The molecule has 0 bridgehead atoms. The second-order valence-corrected chi connectivity index (χ2v) is 8.17. The highest BCUT2D eigenvalue weighted by Gasteiger charge is 2.35. The highest BCUT2D eigenvalue weighted by Crippen LogP contribution is 2.30. The van der Waals surface area contributed by atoms with E-state index in [-0.39, 0.29) is 11.2 Å². The Kier molecular flexibility index (Phi) is 5.26. The van der Waals surface area contributed by atoms with Gasteiger partial charge in [0.05, 0.1) is 18.0 Å². The predicted octanol–water partition coefficient (Wildman–Crippen LogP) is 5.00. The Balaban J connectivity index is 1.60. The topological polar surface area (TPSA) is 45.0 Å². The minimum absolute atomic E-state index is 0.0715. The standard InChI is InChI=1S/C23H21N3OS/c1-16-10-12-18(13-11-16)14-24-25-23-26(22(27)17(2)28-23)15-20-8-5-7-19-6-3-4-9-21(19)20/h3-14,17H,15H2,1-2H3/b24-14-,25-23-/t17-/m1/s1. The molecular formula is C23H21N3OS. The molecule has 0 spiro atoms. The summed E-state index contributed by atoms with van der Waals surface area (Å²) in [6, 6.07) is 22.5. The molecular weight excluding hydrogens is 366 g/mol. The van der Waals surface area contributed by atoms with Gasteiger partial charge in [-0.3, -0.25) is 9.69 Å². The predicted molar refractivity (Wildman–Crippen MR) is 118 cm³/mol. The van der Waals surface area contributed by atoms with Crippen LogP contribution in [0.15, 0.2) is 76.9 Å². The fraction of sp³-hybridized carbons (Fsp3) is 0.174. The average Bonchev–Trinajstić information content (AvgIpc) is 2.97. The lowest BCUT2D eigenvalue weighted by Gasteiger charge is -2.17. The summed E-state index contributed by atoms with van der Waals surface area (Å²) in [5.41, 5.74) is 3.30. The summed E-state index contributed by atoms with van der Waals surface area (Å²) in [6.07, 6.45) is 1.72. The fourth-order valence-corrected chi connectivity index (χ4v) is 4.13. The van der Waals surface area contributed by atoms with Gasteiger partial charge in [0.2, 0.25) is 5.91 Å². The van der Waals surface area contributed by atoms with E-state index in [1.165, 1.54) is 22.7 Å². The maximum absolute atomic E-state index is 12.7. The zero-order chi connectivity index (χ0) is 19.5. The minimum atomic E-state index is -0.150. The van der Waals surface area contributed by atoms with E-state index >= 15 is 0 Å². The number of fused-ring (bicyclic) bond motifs is 1. The third-order valence-electron chi connectivity index (χ3n) is 4.76. The number of hydrogen-bond donors (Lipinski definition) is 0. The van der Waals surface area contributed by atoms with Crippen molar-refractivity contribution in [1.29, 1.82) is 0 Å². The van der Waals surface area contributed by atoms with Crippen molar-refractivity contribution in [3.05, 3.63) is 83.4 Å². The van der Waals surface area contributed by atoms with Crippen LogP contribution in [0.2, 0.25) is 0 Å². The highest BCUT2D eigenvalue weighted by molar-refractivity contribution is 8.15. The van der Waals surface area contributed by atoms with Gasteiger partial charge < -0.3 is 0 Å². The molecule has 5 heteroatoms. The summed E-state index contributed by atoms with van der Waals surface area (Å²) in [7, 11) is 0. The van der Waals surface area contributed by atoms with Gasteiger partial charge in [0, 0.05) is 0 Å². The first-order chi connectivity index (χ1) is 13.6. The van der Waals surface area contributed by atoms with E-state index < -0.39 is 0 Å². The largest absolute Gasteiger partial charge is 0.284 e. The monoisotopic (exact) mass is 387 g/mol. The molecule has 1 saturated heterocycles. The SMILES string of the molecule is Cc1ccc(/C=N\N=C2/S[C@H](C)C(=O)N2Cc2cccc3ccccc23)cc1. The maximum atomic E-state index is 12.7. The molecule has 4 nitrogen and oxygen atoms in total. The van der Waals surface area contributed by atoms with Gasteiger partial charge in [-0.1, -0.05) is 84.1 Å². The Morgan fingerprint density at radius 1 is 1.04 bits per heavy atom. The van der Waals surface area contributed by atoms with Gasteiger partial charge >= 0.3 is 0 Å². The molecule has 1 atom stereocenters. The van der Waals surface area contributed by atoms with Crippen molar-refractivity contribution in [3.63, 3.8) is 0 Å². The molecule has 1 heterocycles. The summed E-state index contributed by atoms with van der Waals surface area (Å²) >= 11 is 1.46. The third kappa shape index (κ3) is 3.85. The number of aryl methyl sites for hydroxylation is 1. The Morgan fingerprint density at radius 2 is 1.79 bits per heavy atom. The number of amidine groups is 1. The van der Waals surface area contributed by atoms with Crippen molar-refractivity contribution in [2.24, 2.45) is 10.2 Å². The van der Waals surface area contributed by atoms with E-state index in [0.29, 0.717) is 11.7 Å². The van der Waals surface area contributed by atoms with Gasteiger partial charge in [-0.2, -0.15) is 5.10 Å². The highest BCUT2D eigenvalue weighted by atomic mass is 32.2. The number of rotatable bonds is 4. The third-order valence-corrected chi connectivity index (χ3v) is 5.83. The summed E-state index contributed by atoms with van der Waals surface area (Å²) in [6.45, 7) is 4.46. The molecule has 1 amide bonds. The Hall–Kier alpha value is -2.92. The Labute approximate surface area is 169 Å². The van der Waals surface area contributed by atoms with Crippen molar-refractivity contribution in [2.45, 2.75) is 25.6 Å². The van der Waals surface area contributed by atoms with Crippen molar-refractivity contribution in [3.8, 4) is 0 Å². The lowest BCUT2D eigenvalue weighted by atomic mass is 10.0. The molecule has 1 aliphatic rings. The van der Waals surface area contributed by atoms with E-state index in [4.69, 9.17) is 0 Å². The van der Waals surface area contributed by atoms with Crippen LogP contribution in [0.4, 0.5) is 0 Å². The number of benzene rings is 3. The van der Waals surface area contributed by atoms with Crippen LogP contribution in [-0.2, 0) is 11.3 Å². The van der Waals surface area contributed by atoms with Gasteiger partial charge in [-0.05, 0) is 35.7 Å². The molecule has 1 aliphatic heterocycles. The first kappa shape index (κ1) is 18.4. The van der Waals surface area contributed by atoms with Crippen molar-refractivity contribution >= 4 is 39.8 Å². The second-order valence-electron chi connectivity index (χ2n) is 6.86. The Morgan fingerprint density at radius 3 is 2.61 bits per heavy atom. The minimum Gasteiger partial charge on any atom is -0.284 e. The van der Waals surface area contributed by atoms with E-state index in [1.54, 1.807) is 11.1 Å². The number of hydrogen-bond acceptors (Lipinski definition) is 4. The van der Waals surface area contributed by atoms with Gasteiger partial charge in [0.15, 0.2) is 5.17 Å². The molecule has 0 aromatic heterocycles. The molecule has 28 heavy (non-hydrogen) atoms. The van der Waals surface area contributed by atoms with Crippen molar-refractivity contribution in [1.82, 2.24) is 4.90 Å². The summed E-state index contributed by atoms with van der Waals surface area (Å²) in [5.74, 6) is 0.0715. The normalized spacial score (nSPS) is 18.6. The Bertz CT molecular complexity index is 1070. The second kappa shape index (κ2) is 7.98. The van der Waals surface area contributed by atoms with Crippen LogP contribution in [0.5, 0.6) is 0 Å². The summed E-state index contributed by atoms with van der Waals surface area (Å²) < 4.78 is 0. The van der Waals surface area contributed by atoms with Crippen LogP contribution < -0.4 is 0 Å². The molecule has 0 N–H and O–H groups in total. The van der Waals surface area contributed by atoms with Crippen LogP contribution in [-0.4, -0.2) is 27.4 Å². The lowest BCUT2D eigenvalue weighted by molar-refractivity contribution is -0.126. The molecule has 1 fully saturated rings. The number of carbonyl (C=O) groups excluding carboxylic acids is 1. The number of carbonyl (C=O) groups is 1. The lowest BCUT2D eigenvalue weighted by Crippen LogP contribution is -2.30. The van der Waals surface area contributed by atoms with E-state index in [9.17, 15) is 4.79 Å². The fourth-order valence-electron chi connectivity index (χ4n) is 3.21. The molecule has 0 saturated carbocycles. The average molecular weight is 388 g/mol. The van der Waals surface area contributed by atoms with Crippen LogP contribution in [0.3, 0.4) is 0 Å². The van der Waals surface area contributed by atoms with E-state index in [1.807, 2.05) is 49.4 Å². The molecule has 4 rings (SSSR count). The molecule has 3 aromatic carbocycles. The van der Waals surface area contributed by atoms with Crippen molar-refractivity contribution < 1.29 is 4.79 Å². The van der Waals surface area contributed by atoms with Gasteiger partial charge in [0.25, 0.3) is 0 Å².